The SMILES string of the molecule is Cc1cc(C)c2c(N)c(C(N)=O)nnc2c1Br. The van der Waals surface area contributed by atoms with Crippen LogP contribution in [0.4, 0.5) is 5.69 Å². The van der Waals surface area contributed by atoms with Crippen LogP contribution in [0.15, 0.2) is 10.5 Å². The number of aryl methyl sites for hydroxylation is 2. The second kappa shape index (κ2) is 3.96. The van der Waals surface area contributed by atoms with Crippen molar-refractivity contribution in [3.63, 3.8) is 0 Å². The highest BCUT2D eigenvalue weighted by Gasteiger charge is 2.16. The smallest absolute Gasteiger partial charge is 0.271 e. The number of benzene rings is 1. The van der Waals surface area contributed by atoms with Crippen molar-refractivity contribution in [2.24, 2.45) is 5.73 Å². The number of amides is 1. The summed E-state index contributed by atoms with van der Waals surface area (Å²) in [6.07, 6.45) is 0. The fourth-order valence-electron chi connectivity index (χ4n) is 1.83. The first-order valence-corrected chi connectivity index (χ1v) is 5.74. The molecule has 5 nitrogen and oxygen atoms in total. The van der Waals surface area contributed by atoms with Crippen LogP contribution in [0.3, 0.4) is 0 Å². The molecule has 2 aromatic rings. The highest BCUT2D eigenvalue weighted by Crippen LogP contribution is 2.32. The number of nitrogens with two attached hydrogens (primary N) is 2. The number of carbonyl (C=O) groups excluding carboxylic acids is 1. The molecule has 17 heavy (non-hydrogen) atoms. The van der Waals surface area contributed by atoms with Gasteiger partial charge in [0, 0.05) is 9.86 Å². The molecule has 88 valence electrons. The summed E-state index contributed by atoms with van der Waals surface area (Å²) in [5.41, 5.74) is 14.0. The zero-order chi connectivity index (χ0) is 12.7. The molecular formula is C11H11BrN4O. The van der Waals surface area contributed by atoms with Crippen LogP contribution in [-0.2, 0) is 0 Å². The average molecular weight is 295 g/mol. The molecule has 0 fully saturated rings. The fraction of sp³-hybridized carbons (Fsp3) is 0.182. The number of aromatic nitrogens is 2. The normalized spacial score (nSPS) is 10.8. The predicted octanol–water partition coefficient (Wildman–Crippen LogP) is 1.69. The first-order chi connectivity index (χ1) is 7.93. The van der Waals surface area contributed by atoms with Crippen molar-refractivity contribution in [3.8, 4) is 0 Å². The highest BCUT2D eigenvalue weighted by atomic mass is 79.9. The summed E-state index contributed by atoms with van der Waals surface area (Å²) in [6, 6.07) is 1.97. The van der Waals surface area contributed by atoms with Gasteiger partial charge in [-0.15, -0.1) is 10.2 Å². The Hall–Kier alpha value is -1.69. The Morgan fingerprint density at radius 3 is 2.53 bits per heavy atom. The first-order valence-electron chi connectivity index (χ1n) is 4.95. The van der Waals surface area contributed by atoms with Crippen LogP contribution in [0.25, 0.3) is 10.9 Å². The minimum absolute atomic E-state index is 0.0105. The lowest BCUT2D eigenvalue weighted by atomic mass is 10.0. The maximum Gasteiger partial charge on any atom is 0.271 e. The van der Waals surface area contributed by atoms with Crippen LogP contribution in [0, 0.1) is 13.8 Å². The number of rotatable bonds is 1. The van der Waals surface area contributed by atoms with E-state index in [0.717, 1.165) is 15.6 Å². The number of nitrogen functional groups attached to an aromatic ring is 1. The number of fused-ring (bicyclic) bond motifs is 1. The van der Waals surface area contributed by atoms with Crippen LogP contribution in [0.1, 0.15) is 21.6 Å². The molecule has 2 rings (SSSR count). The Morgan fingerprint density at radius 2 is 1.94 bits per heavy atom. The van der Waals surface area contributed by atoms with Gasteiger partial charge in [0.05, 0.1) is 5.69 Å². The number of carbonyl (C=O) groups is 1. The van der Waals surface area contributed by atoms with Crippen molar-refractivity contribution in [2.75, 3.05) is 5.73 Å². The van der Waals surface area contributed by atoms with E-state index < -0.39 is 5.91 Å². The van der Waals surface area contributed by atoms with Crippen molar-refractivity contribution in [2.45, 2.75) is 13.8 Å². The Balaban J connectivity index is 2.96. The van der Waals surface area contributed by atoms with E-state index in [1.807, 2.05) is 19.9 Å². The van der Waals surface area contributed by atoms with Crippen molar-refractivity contribution in [3.05, 3.63) is 27.4 Å². The maximum atomic E-state index is 11.2. The lowest BCUT2D eigenvalue weighted by Gasteiger charge is -2.10. The minimum atomic E-state index is -0.673. The Bertz CT molecular complexity index is 639. The van der Waals surface area contributed by atoms with E-state index in [2.05, 4.69) is 26.1 Å². The molecule has 1 heterocycles. The van der Waals surface area contributed by atoms with E-state index >= 15 is 0 Å². The highest BCUT2D eigenvalue weighted by molar-refractivity contribution is 9.10. The quantitative estimate of drug-likeness (QED) is 0.837. The summed E-state index contributed by atoms with van der Waals surface area (Å²) in [6.45, 7) is 3.86. The standard InChI is InChI=1S/C11H11BrN4O/c1-4-3-5(2)7(12)9-6(4)8(13)10(11(14)17)16-15-9/h3H,1-2H3,(H2,13,15)(H2,14,17). The molecule has 1 amide bonds. The van der Waals surface area contributed by atoms with Gasteiger partial charge in [-0.1, -0.05) is 6.07 Å². The van der Waals surface area contributed by atoms with Crippen LogP contribution >= 0.6 is 15.9 Å². The number of anilines is 1. The lowest BCUT2D eigenvalue weighted by Crippen LogP contribution is -2.17. The zero-order valence-corrected chi connectivity index (χ0v) is 11.0. The van der Waals surface area contributed by atoms with E-state index in [1.165, 1.54) is 0 Å². The Labute approximate surface area is 106 Å². The molecule has 0 saturated heterocycles. The summed E-state index contributed by atoms with van der Waals surface area (Å²) >= 11 is 3.44. The van der Waals surface area contributed by atoms with Gasteiger partial charge < -0.3 is 11.5 Å². The fourth-order valence-corrected chi connectivity index (χ4v) is 2.22. The van der Waals surface area contributed by atoms with Crippen molar-refractivity contribution >= 4 is 38.4 Å². The molecule has 0 aliphatic heterocycles. The van der Waals surface area contributed by atoms with Gasteiger partial charge in [0.15, 0.2) is 5.69 Å². The molecule has 0 radical (unpaired) electrons. The van der Waals surface area contributed by atoms with Gasteiger partial charge in [-0.05, 0) is 40.9 Å². The summed E-state index contributed by atoms with van der Waals surface area (Å²) in [7, 11) is 0. The van der Waals surface area contributed by atoms with Crippen LogP contribution in [0.2, 0.25) is 0 Å². The minimum Gasteiger partial charge on any atom is -0.396 e. The number of primary amides is 1. The molecule has 0 unspecified atom stereocenters. The van der Waals surface area contributed by atoms with Gasteiger partial charge in [0.25, 0.3) is 5.91 Å². The summed E-state index contributed by atoms with van der Waals surface area (Å²) in [5, 5.41) is 8.49. The molecule has 6 heteroatoms. The van der Waals surface area contributed by atoms with Crippen LogP contribution in [0.5, 0.6) is 0 Å². The van der Waals surface area contributed by atoms with E-state index in [1.54, 1.807) is 0 Å². The van der Waals surface area contributed by atoms with E-state index in [-0.39, 0.29) is 11.4 Å². The number of hydrogen-bond acceptors (Lipinski definition) is 4. The number of halogens is 1. The second-order valence-corrected chi connectivity index (χ2v) is 4.67. The average Bonchev–Trinajstić information content (AvgIpc) is 2.25. The molecule has 0 spiro atoms. The zero-order valence-electron chi connectivity index (χ0n) is 9.41. The molecule has 0 saturated carbocycles. The van der Waals surface area contributed by atoms with Gasteiger partial charge >= 0.3 is 0 Å². The van der Waals surface area contributed by atoms with Crippen molar-refractivity contribution < 1.29 is 4.79 Å². The van der Waals surface area contributed by atoms with Gasteiger partial charge in [-0.2, -0.15) is 0 Å². The largest absolute Gasteiger partial charge is 0.396 e. The molecule has 0 aliphatic rings. The third kappa shape index (κ3) is 1.74. The molecule has 0 atom stereocenters. The number of nitrogens with zero attached hydrogens (tertiary/aromatic N) is 2. The summed E-state index contributed by atoms with van der Waals surface area (Å²) < 4.78 is 0.827. The Kier molecular flexibility index (Phi) is 2.74. The van der Waals surface area contributed by atoms with E-state index in [9.17, 15) is 4.79 Å². The van der Waals surface area contributed by atoms with Gasteiger partial charge in [0.1, 0.15) is 5.52 Å². The van der Waals surface area contributed by atoms with Gasteiger partial charge in [0.2, 0.25) is 0 Å². The molecule has 0 bridgehead atoms. The van der Waals surface area contributed by atoms with Crippen molar-refractivity contribution in [1.29, 1.82) is 0 Å². The third-order valence-corrected chi connectivity index (χ3v) is 3.63. The van der Waals surface area contributed by atoms with E-state index in [0.29, 0.717) is 10.9 Å². The lowest BCUT2D eigenvalue weighted by molar-refractivity contribution is 0.0996. The molecular weight excluding hydrogens is 284 g/mol. The monoisotopic (exact) mass is 294 g/mol. The third-order valence-electron chi connectivity index (χ3n) is 2.63. The molecule has 4 N–H and O–H groups in total. The number of hydrogen-bond donors (Lipinski definition) is 2. The van der Waals surface area contributed by atoms with Gasteiger partial charge in [-0.25, -0.2) is 0 Å². The van der Waals surface area contributed by atoms with Gasteiger partial charge in [-0.3, -0.25) is 4.79 Å². The summed E-state index contributed by atoms with van der Waals surface area (Å²) in [4.78, 5) is 11.2. The Morgan fingerprint density at radius 1 is 1.29 bits per heavy atom. The van der Waals surface area contributed by atoms with Crippen molar-refractivity contribution in [1.82, 2.24) is 10.2 Å². The predicted molar refractivity (Wildman–Crippen MR) is 69.6 cm³/mol. The van der Waals surface area contributed by atoms with Crippen LogP contribution in [-0.4, -0.2) is 16.1 Å². The topological polar surface area (TPSA) is 94.9 Å². The first kappa shape index (κ1) is 11.8. The van der Waals surface area contributed by atoms with E-state index in [4.69, 9.17) is 11.5 Å². The van der Waals surface area contributed by atoms with Crippen LogP contribution < -0.4 is 11.5 Å². The summed E-state index contributed by atoms with van der Waals surface area (Å²) in [5.74, 6) is -0.673. The second-order valence-electron chi connectivity index (χ2n) is 3.87. The molecule has 0 aliphatic carbocycles. The molecule has 1 aromatic carbocycles. The molecule has 1 aromatic heterocycles. The maximum absolute atomic E-state index is 11.2.